The van der Waals surface area contributed by atoms with Gasteiger partial charge in [0.1, 0.15) is 3.57 Å². The molecule has 0 aliphatic rings. The van der Waals surface area contributed by atoms with E-state index in [4.69, 9.17) is 0 Å². The number of nitro benzene ring substituents is 1. The Bertz CT molecular complexity index is 478. The van der Waals surface area contributed by atoms with Crippen molar-refractivity contribution in [1.29, 1.82) is 0 Å². The number of benzene rings is 1. The summed E-state index contributed by atoms with van der Waals surface area (Å²) in [5, 5.41) is 10.6. The molecule has 0 radical (unpaired) electrons. The molecule has 0 fully saturated rings. The number of nitrogens with zero attached hydrogens (tertiary/aromatic N) is 1. The molecule has 1 rings (SSSR count). The third-order valence-electron chi connectivity index (χ3n) is 1.86. The van der Waals surface area contributed by atoms with E-state index < -0.39 is 23.1 Å². The highest BCUT2D eigenvalue weighted by Crippen LogP contribution is 2.34. The molecule has 0 unspecified atom stereocenters. The largest absolute Gasteiger partial charge is 0.433 e. The van der Waals surface area contributed by atoms with Crippen LogP contribution in [0.3, 0.4) is 0 Å². The Balaban J connectivity index is 3.41. The van der Waals surface area contributed by atoms with Gasteiger partial charge in [-0.2, -0.15) is 8.78 Å². The molecular formula is C9H6F2INO4. The van der Waals surface area contributed by atoms with Crippen molar-refractivity contribution in [3.05, 3.63) is 31.4 Å². The average Bonchev–Trinajstić information content (AvgIpc) is 2.19. The van der Waals surface area contributed by atoms with Crippen LogP contribution in [0.1, 0.15) is 17.3 Å². The van der Waals surface area contributed by atoms with Crippen LogP contribution in [0.15, 0.2) is 12.1 Å². The van der Waals surface area contributed by atoms with E-state index in [2.05, 4.69) is 4.74 Å². The fourth-order valence-corrected chi connectivity index (χ4v) is 1.96. The molecule has 0 atom stereocenters. The van der Waals surface area contributed by atoms with Gasteiger partial charge in [0.2, 0.25) is 0 Å². The molecule has 0 spiro atoms. The summed E-state index contributed by atoms with van der Waals surface area (Å²) in [5.41, 5.74) is -0.494. The number of rotatable bonds is 4. The highest BCUT2D eigenvalue weighted by atomic mass is 127. The van der Waals surface area contributed by atoms with Crippen LogP contribution >= 0.6 is 22.6 Å². The van der Waals surface area contributed by atoms with Crippen LogP contribution in [0.2, 0.25) is 0 Å². The van der Waals surface area contributed by atoms with Crippen molar-refractivity contribution in [2.45, 2.75) is 13.5 Å². The smallest absolute Gasteiger partial charge is 0.387 e. The second-order valence-electron chi connectivity index (χ2n) is 2.97. The Morgan fingerprint density at radius 3 is 2.53 bits per heavy atom. The number of carbonyl (C=O) groups is 1. The highest BCUT2D eigenvalue weighted by molar-refractivity contribution is 14.1. The Morgan fingerprint density at radius 2 is 2.12 bits per heavy atom. The second-order valence-corrected chi connectivity index (χ2v) is 4.05. The molecule has 0 N–H and O–H groups in total. The molecule has 0 saturated carbocycles. The molecule has 1 aromatic carbocycles. The number of nitro groups is 1. The van der Waals surface area contributed by atoms with Gasteiger partial charge in [0.25, 0.3) is 5.69 Å². The summed E-state index contributed by atoms with van der Waals surface area (Å²) in [5.74, 6) is -0.962. The number of hydrogen-bond donors (Lipinski definition) is 0. The summed E-state index contributed by atoms with van der Waals surface area (Å²) >= 11 is 1.50. The molecule has 8 heteroatoms. The van der Waals surface area contributed by atoms with Gasteiger partial charge in [-0.15, -0.1) is 0 Å². The third-order valence-corrected chi connectivity index (χ3v) is 2.90. The van der Waals surface area contributed by atoms with Crippen molar-refractivity contribution in [3.63, 3.8) is 0 Å². The van der Waals surface area contributed by atoms with Crippen molar-refractivity contribution >= 4 is 34.1 Å². The molecule has 0 bridgehead atoms. The van der Waals surface area contributed by atoms with Crippen molar-refractivity contribution in [2.75, 3.05) is 0 Å². The summed E-state index contributed by atoms with van der Waals surface area (Å²) in [4.78, 5) is 21.1. The van der Waals surface area contributed by atoms with E-state index in [0.29, 0.717) is 0 Å². The lowest BCUT2D eigenvalue weighted by molar-refractivity contribution is -0.385. The number of alkyl halides is 2. The van der Waals surface area contributed by atoms with Crippen LogP contribution < -0.4 is 4.74 Å². The first-order chi connectivity index (χ1) is 7.84. The minimum absolute atomic E-state index is 0.111. The number of ether oxygens (including phenoxy) is 1. The quantitative estimate of drug-likeness (QED) is 0.360. The average molecular weight is 357 g/mol. The van der Waals surface area contributed by atoms with E-state index in [-0.39, 0.29) is 14.8 Å². The fourth-order valence-electron chi connectivity index (χ4n) is 1.17. The van der Waals surface area contributed by atoms with Crippen LogP contribution in [0.4, 0.5) is 14.5 Å². The van der Waals surface area contributed by atoms with Gasteiger partial charge in [-0.25, -0.2) is 0 Å². The fraction of sp³-hybridized carbons (Fsp3) is 0.222. The lowest BCUT2D eigenvalue weighted by atomic mass is 10.1. The Hall–Kier alpha value is -1.32. The van der Waals surface area contributed by atoms with E-state index in [9.17, 15) is 23.7 Å². The van der Waals surface area contributed by atoms with Gasteiger partial charge in [0.05, 0.1) is 10.5 Å². The number of hydrogen-bond acceptors (Lipinski definition) is 4. The Labute approximate surface area is 108 Å². The summed E-state index contributed by atoms with van der Waals surface area (Å²) in [6, 6.07) is 2.18. The molecule has 17 heavy (non-hydrogen) atoms. The molecule has 0 saturated heterocycles. The molecule has 0 aliphatic heterocycles. The Kier molecular flexibility index (Phi) is 4.32. The van der Waals surface area contributed by atoms with Gasteiger partial charge < -0.3 is 4.74 Å². The van der Waals surface area contributed by atoms with Crippen LogP contribution in [0, 0.1) is 13.7 Å². The van der Waals surface area contributed by atoms with Gasteiger partial charge in [-0.3, -0.25) is 14.9 Å². The van der Waals surface area contributed by atoms with Crippen molar-refractivity contribution in [3.8, 4) is 5.75 Å². The summed E-state index contributed by atoms with van der Waals surface area (Å²) in [6.07, 6.45) is 0. The van der Waals surface area contributed by atoms with Gasteiger partial charge >= 0.3 is 6.61 Å². The predicted octanol–water partition coefficient (Wildman–Crippen LogP) is 3.00. The molecule has 0 aromatic heterocycles. The lowest BCUT2D eigenvalue weighted by Gasteiger charge is -2.10. The first kappa shape index (κ1) is 13.7. The number of carbonyl (C=O) groups excluding carboxylic acids is 1. The molecule has 5 nitrogen and oxygen atoms in total. The number of Topliss-reactive ketones (excluding diaryl/α,β-unsaturated/α-hetero) is 1. The first-order valence-electron chi connectivity index (χ1n) is 4.27. The maximum absolute atomic E-state index is 12.2. The van der Waals surface area contributed by atoms with Crippen LogP contribution in [0.5, 0.6) is 5.75 Å². The second kappa shape index (κ2) is 5.34. The highest BCUT2D eigenvalue weighted by Gasteiger charge is 2.24. The zero-order chi connectivity index (χ0) is 13.2. The van der Waals surface area contributed by atoms with E-state index in [1.54, 1.807) is 0 Å². The normalized spacial score (nSPS) is 10.4. The molecule has 0 aliphatic carbocycles. The molecule has 0 heterocycles. The maximum atomic E-state index is 12.2. The van der Waals surface area contributed by atoms with Crippen LogP contribution in [-0.2, 0) is 0 Å². The summed E-state index contributed by atoms with van der Waals surface area (Å²) in [7, 11) is 0. The summed E-state index contributed by atoms with van der Waals surface area (Å²) < 4.78 is 28.4. The van der Waals surface area contributed by atoms with Gasteiger partial charge in [-0.1, -0.05) is 0 Å². The lowest BCUT2D eigenvalue weighted by Crippen LogP contribution is -2.09. The van der Waals surface area contributed by atoms with Crippen LogP contribution in [-0.4, -0.2) is 17.3 Å². The first-order valence-corrected chi connectivity index (χ1v) is 5.35. The molecule has 0 amide bonds. The SMILES string of the molecule is CC(=O)c1ccc([N+](=O)[O-])c(I)c1OC(F)F. The van der Waals surface area contributed by atoms with Crippen molar-refractivity contribution in [1.82, 2.24) is 0 Å². The summed E-state index contributed by atoms with van der Waals surface area (Å²) in [6.45, 7) is -1.99. The molecule has 1 aromatic rings. The monoisotopic (exact) mass is 357 g/mol. The van der Waals surface area contributed by atoms with E-state index in [1.807, 2.05) is 0 Å². The minimum Gasteiger partial charge on any atom is -0.433 e. The molecule has 92 valence electrons. The minimum atomic E-state index is -3.15. The van der Waals surface area contributed by atoms with E-state index in [1.165, 1.54) is 22.6 Å². The van der Waals surface area contributed by atoms with Gasteiger partial charge in [0.15, 0.2) is 11.5 Å². The van der Waals surface area contributed by atoms with Gasteiger partial charge in [0, 0.05) is 6.07 Å². The number of halogens is 3. The molecular weight excluding hydrogens is 351 g/mol. The zero-order valence-electron chi connectivity index (χ0n) is 8.45. The van der Waals surface area contributed by atoms with Crippen LogP contribution in [0.25, 0.3) is 0 Å². The topological polar surface area (TPSA) is 69.4 Å². The third kappa shape index (κ3) is 3.08. The van der Waals surface area contributed by atoms with Crippen molar-refractivity contribution < 1.29 is 23.2 Å². The van der Waals surface area contributed by atoms with Crippen molar-refractivity contribution in [2.24, 2.45) is 0 Å². The van der Waals surface area contributed by atoms with Gasteiger partial charge in [-0.05, 0) is 35.6 Å². The van der Waals surface area contributed by atoms with E-state index >= 15 is 0 Å². The predicted molar refractivity (Wildman–Crippen MR) is 62.4 cm³/mol. The maximum Gasteiger partial charge on any atom is 0.387 e. The van der Waals surface area contributed by atoms with E-state index in [0.717, 1.165) is 19.1 Å². The number of ketones is 1. The standard InChI is InChI=1S/C9H6F2INO4/c1-4(14)5-2-3-6(13(15)16)7(12)8(5)17-9(10)11/h2-3,9H,1H3. The Morgan fingerprint density at radius 1 is 1.53 bits per heavy atom. The zero-order valence-corrected chi connectivity index (χ0v) is 10.6.